The first-order chi connectivity index (χ1) is 15.1. The van der Waals surface area contributed by atoms with Crippen molar-refractivity contribution in [2.75, 3.05) is 21.3 Å². The highest BCUT2D eigenvalue weighted by molar-refractivity contribution is 5.77. The maximum Gasteiger partial charge on any atom is 0.189 e. The van der Waals surface area contributed by atoms with Crippen molar-refractivity contribution >= 4 is 5.96 Å². The van der Waals surface area contributed by atoms with Crippen molar-refractivity contribution < 1.29 is 9.47 Å². The predicted octanol–water partition coefficient (Wildman–Crippen LogP) is 4.07. The van der Waals surface area contributed by atoms with Crippen LogP contribution in [0.25, 0.3) is 0 Å². The van der Waals surface area contributed by atoms with E-state index in [1.54, 1.807) is 14.2 Å². The fourth-order valence-corrected chi connectivity index (χ4v) is 4.20. The van der Waals surface area contributed by atoms with Gasteiger partial charge in [0.1, 0.15) is 0 Å². The third-order valence-electron chi connectivity index (χ3n) is 6.08. The second-order valence-electron chi connectivity index (χ2n) is 8.22. The van der Waals surface area contributed by atoms with E-state index in [1.807, 2.05) is 18.2 Å². The second kappa shape index (κ2) is 11.6. The number of hydrogen-bond acceptors (Lipinski definition) is 4. The van der Waals surface area contributed by atoms with E-state index in [0.717, 1.165) is 12.1 Å². The quantitative estimate of drug-likeness (QED) is 0.469. The lowest BCUT2D eigenvalue weighted by atomic mass is 9.94. The van der Waals surface area contributed by atoms with Gasteiger partial charge in [-0.2, -0.15) is 0 Å². The molecule has 0 unspecified atom stereocenters. The molecular formula is C25H36N4O2. The zero-order valence-corrected chi connectivity index (χ0v) is 19.1. The summed E-state index contributed by atoms with van der Waals surface area (Å²) in [6.45, 7) is 2.10. The summed E-state index contributed by atoms with van der Waals surface area (Å²) >= 11 is 0. The normalized spacial score (nSPS) is 15.2. The van der Waals surface area contributed by atoms with Gasteiger partial charge < -0.3 is 20.5 Å². The third-order valence-corrected chi connectivity index (χ3v) is 6.08. The zero-order chi connectivity index (χ0) is 22.1. The number of methoxy groups -OCH3 is 2. The SMILES string of the molecule is COc1ccc(CN=C(N)NCc2ccccc2CN(C)C2CCCCC2)cc1OC. The van der Waals surface area contributed by atoms with Crippen molar-refractivity contribution in [1.29, 1.82) is 0 Å². The van der Waals surface area contributed by atoms with Crippen LogP contribution < -0.4 is 20.5 Å². The molecule has 0 spiro atoms. The monoisotopic (exact) mass is 424 g/mol. The molecule has 0 saturated heterocycles. The van der Waals surface area contributed by atoms with Crippen molar-refractivity contribution in [1.82, 2.24) is 10.2 Å². The van der Waals surface area contributed by atoms with Gasteiger partial charge in [0, 0.05) is 19.1 Å². The smallest absolute Gasteiger partial charge is 0.189 e. The van der Waals surface area contributed by atoms with E-state index in [2.05, 4.69) is 46.5 Å². The number of hydrogen-bond donors (Lipinski definition) is 2. The van der Waals surface area contributed by atoms with E-state index >= 15 is 0 Å². The molecule has 0 heterocycles. The maximum atomic E-state index is 6.14. The minimum absolute atomic E-state index is 0.435. The molecule has 31 heavy (non-hydrogen) atoms. The first-order valence-corrected chi connectivity index (χ1v) is 11.1. The summed E-state index contributed by atoms with van der Waals surface area (Å²) in [6.07, 6.45) is 6.71. The molecule has 2 aromatic carbocycles. The van der Waals surface area contributed by atoms with E-state index < -0.39 is 0 Å². The molecule has 168 valence electrons. The first-order valence-electron chi connectivity index (χ1n) is 11.1. The summed E-state index contributed by atoms with van der Waals surface area (Å²) in [6, 6.07) is 15.0. The average molecular weight is 425 g/mol. The molecule has 3 N–H and O–H groups in total. The van der Waals surface area contributed by atoms with E-state index in [9.17, 15) is 0 Å². The Bertz CT molecular complexity index is 862. The Hall–Kier alpha value is -2.73. The van der Waals surface area contributed by atoms with Crippen LogP contribution in [0.4, 0.5) is 0 Å². The van der Waals surface area contributed by atoms with Crippen LogP contribution in [-0.2, 0) is 19.6 Å². The molecule has 0 atom stereocenters. The van der Waals surface area contributed by atoms with Crippen molar-refractivity contribution in [3.63, 3.8) is 0 Å². The Labute approximate surface area is 186 Å². The summed E-state index contributed by atoms with van der Waals surface area (Å²) in [4.78, 5) is 6.99. The van der Waals surface area contributed by atoms with Crippen molar-refractivity contribution in [3.8, 4) is 11.5 Å². The molecule has 0 aliphatic heterocycles. The van der Waals surface area contributed by atoms with Gasteiger partial charge in [-0.05, 0) is 48.7 Å². The Morgan fingerprint density at radius 2 is 1.74 bits per heavy atom. The van der Waals surface area contributed by atoms with Crippen LogP contribution in [0.5, 0.6) is 11.5 Å². The molecule has 3 rings (SSSR count). The van der Waals surface area contributed by atoms with E-state index in [-0.39, 0.29) is 0 Å². The molecule has 1 aliphatic carbocycles. The van der Waals surface area contributed by atoms with E-state index in [0.29, 0.717) is 36.6 Å². The number of aliphatic imine (C=N–C) groups is 1. The van der Waals surface area contributed by atoms with Gasteiger partial charge in [-0.3, -0.25) is 4.90 Å². The third kappa shape index (κ3) is 6.62. The van der Waals surface area contributed by atoms with Crippen molar-refractivity contribution in [3.05, 3.63) is 59.2 Å². The predicted molar refractivity (Wildman–Crippen MR) is 126 cm³/mol. The van der Waals surface area contributed by atoms with Gasteiger partial charge in [-0.15, -0.1) is 0 Å². The Balaban J connectivity index is 1.57. The average Bonchev–Trinajstić information content (AvgIpc) is 2.82. The van der Waals surface area contributed by atoms with Gasteiger partial charge in [0.05, 0.1) is 20.8 Å². The zero-order valence-electron chi connectivity index (χ0n) is 19.1. The highest BCUT2D eigenvalue weighted by Crippen LogP contribution is 2.27. The number of ether oxygens (including phenoxy) is 2. The standard InChI is InChI=1S/C25H36N4O2/c1-29(22-11-5-4-6-12-22)18-21-10-8-7-9-20(21)17-28-25(26)27-16-19-13-14-23(30-2)24(15-19)31-3/h7-10,13-15,22H,4-6,11-12,16-18H2,1-3H3,(H3,26,27,28). The molecule has 0 amide bonds. The number of nitrogens with two attached hydrogens (primary N) is 1. The number of benzene rings is 2. The van der Waals surface area contributed by atoms with Gasteiger partial charge in [0.2, 0.25) is 0 Å². The summed E-state index contributed by atoms with van der Waals surface area (Å²) in [7, 11) is 5.51. The molecule has 1 aliphatic rings. The van der Waals surface area contributed by atoms with Crippen LogP contribution in [0, 0.1) is 0 Å². The molecule has 6 nitrogen and oxygen atoms in total. The summed E-state index contributed by atoms with van der Waals surface area (Å²) in [5.41, 5.74) is 9.75. The van der Waals surface area contributed by atoms with Gasteiger partial charge in [0.15, 0.2) is 17.5 Å². The van der Waals surface area contributed by atoms with Crippen LogP contribution in [0.3, 0.4) is 0 Å². The molecule has 0 bridgehead atoms. The topological polar surface area (TPSA) is 72.1 Å². The second-order valence-corrected chi connectivity index (χ2v) is 8.22. The minimum atomic E-state index is 0.435. The molecule has 2 aromatic rings. The van der Waals surface area contributed by atoms with Crippen LogP contribution >= 0.6 is 0 Å². The van der Waals surface area contributed by atoms with Gasteiger partial charge in [-0.25, -0.2) is 4.99 Å². The molecule has 6 heteroatoms. The Morgan fingerprint density at radius 1 is 1.03 bits per heavy atom. The molecule has 0 aromatic heterocycles. The van der Waals surface area contributed by atoms with Crippen LogP contribution in [0.15, 0.2) is 47.5 Å². The molecule has 1 fully saturated rings. The number of nitrogens with zero attached hydrogens (tertiary/aromatic N) is 2. The molecule has 0 radical (unpaired) electrons. The fraction of sp³-hybridized carbons (Fsp3) is 0.480. The lowest BCUT2D eigenvalue weighted by Gasteiger charge is -2.31. The largest absolute Gasteiger partial charge is 0.493 e. The number of rotatable bonds is 9. The Morgan fingerprint density at radius 3 is 2.45 bits per heavy atom. The van der Waals surface area contributed by atoms with Crippen LogP contribution in [0.2, 0.25) is 0 Å². The van der Waals surface area contributed by atoms with Crippen molar-refractivity contribution in [2.45, 2.75) is 57.8 Å². The van der Waals surface area contributed by atoms with E-state index in [1.165, 1.54) is 43.2 Å². The van der Waals surface area contributed by atoms with Crippen molar-refractivity contribution in [2.24, 2.45) is 10.7 Å². The Kier molecular flexibility index (Phi) is 8.59. The lowest BCUT2D eigenvalue weighted by molar-refractivity contribution is 0.184. The van der Waals surface area contributed by atoms with Crippen LogP contribution in [0.1, 0.15) is 48.8 Å². The molecule has 1 saturated carbocycles. The summed E-state index contributed by atoms with van der Waals surface area (Å²) in [5, 5.41) is 3.27. The number of nitrogens with one attached hydrogen (secondary N) is 1. The van der Waals surface area contributed by atoms with Gasteiger partial charge in [0.25, 0.3) is 0 Å². The van der Waals surface area contributed by atoms with E-state index in [4.69, 9.17) is 15.2 Å². The lowest BCUT2D eigenvalue weighted by Crippen LogP contribution is -2.34. The van der Waals surface area contributed by atoms with Gasteiger partial charge in [-0.1, -0.05) is 49.6 Å². The number of guanidine groups is 1. The van der Waals surface area contributed by atoms with Crippen LogP contribution in [-0.4, -0.2) is 38.2 Å². The minimum Gasteiger partial charge on any atom is -0.493 e. The fourth-order valence-electron chi connectivity index (χ4n) is 4.20. The summed E-state index contributed by atoms with van der Waals surface area (Å²) < 4.78 is 10.6. The summed E-state index contributed by atoms with van der Waals surface area (Å²) in [5.74, 6) is 1.83. The highest BCUT2D eigenvalue weighted by atomic mass is 16.5. The first kappa shape index (κ1) is 22.9. The molecular weight excluding hydrogens is 388 g/mol. The maximum absolute atomic E-state index is 6.14. The van der Waals surface area contributed by atoms with Gasteiger partial charge >= 0.3 is 0 Å². The highest BCUT2D eigenvalue weighted by Gasteiger charge is 2.18.